The van der Waals surface area contributed by atoms with Crippen LogP contribution in [0.15, 0.2) is 6.07 Å². The van der Waals surface area contributed by atoms with Crippen LogP contribution in [0.3, 0.4) is 0 Å². The third-order valence-electron chi connectivity index (χ3n) is 4.04. The average molecular weight is 265 g/mol. The van der Waals surface area contributed by atoms with E-state index in [1.54, 1.807) is 7.11 Å². The van der Waals surface area contributed by atoms with E-state index in [1.165, 1.54) is 16.8 Å². The molecule has 1 N–H and O–H groups in total. The molecule has 19 heavy (non-hydrogen) atoms. The Morgan fingerprint density at radius 1 is 1.21 bits per heavy atom. The van der Waals surface area contributed by atoms with Crippen molar-refractivity contribution in [2.24, 2.45) is 5.92 Å². The molecule has 0 aliphatic rings. The van der Waals surface area contributed by atoms with Crippen LogP contribution in [-0.2, 0) is 0 Å². The van der Waals surface area contributed by atoms with E-state index in [9.17, 15) is 5.11 Å². The second kappa shape index (κ2) is 6.29. The Hall–Kier alpha value is -1.22. The van der Waals surface area contributed by atoms with Gasteiger partial charge < -0.3 is 14.7 Å². The zero-order valence-corrected chi connectivity index (χ0v) is 13.2. The molecule has 0 aliphatic carbocycles. The summed E-state index contributed by atoms with van der Waals surface area (Å²) < 4.78 is 5.46. The predicted octanol–water partition coefficient (Wildman–Crippen LogP) is 3.07. The first-order valence-electron chi connectivity index (χ1n) is 6.83. The number of nitrogens with zero attached hydrogens (tertiary/aromatic N) is 1. The number of benzene rings is 1. The summed E-state index contributed by atoms with van der Waals surface area (Å²) in [6.07, 6.45) is 0. The Balaban J connectivity index is 3.28. The lowest BCUT2D eigenvalue weighted by Gasteiger charge is -2.33. The molecular formula is C16H27NO2. The number of anilines is 1. The van der Waals surface area contributed by atoms with E-state index in [2.05, 4.69) is 52.6 Å². The minimum Gasteiger partial charge on any atom is -0.496 e. The molecule has 1 aromatic carbocycles. The monoisotopic (exact) mass is 265 g/mol. The maximum atomic E-state index is 9.59. The number of aliphatic hydroxyl groups is 1. The summed E-state index contributed by atoms with van der Waals surface area (Å²) in [5.74, 6) is 1.36. The fourth-order valence-electron chi connectivity index (χ4n) is 2.68. The van der Waals surface area contributed by atoms with Gasteiger partial charge in [0.1, 0.15) is 5.75 Å². The van der Waals surface area contributed by atoms with Crippen molar-refractivity contribution in [2.75, 3.05) is 25.7 Å². The molecule has 0 heterocycles. The summed E-state index contributed by atoms with van der Waals surface area (Å²) in [6, 6.07) is 2.28. The second-order valence-electron chi connectivity index (χ2n) is 5.60. The van der Waals surface area contributed by atoms with E-state index in [-0.39, 0.29) is 12.6 Å². The van der Waals surface area contributed by atoms with Gasteiger partial charge in [-0.05, 0) is 49.4 Å². The van der Waals surface area contributed by atoms with Gasteiger partial charge in [0.2, 0.25) is 0 Å². The smallest absolute Gasteiger partial charge is 0.125 e. The Bertz CT molecular complexity index is 441. The molecule has 1 aromatic rings. The first-order chi connectivity index (χ1) is 8.84. The van der Waals surface area contributed by atoms with Crippen LogP contribution >= 0.6 is 0 Å². The Morgan fingerprint density at radius 2 is 1.79 bits per heavy atom. The normalized spacial score (nSPS) is 12.7. The number of likely N-dealkylation sites (N-methyl/N-ethyl adjacent to an activating group) is 1. The van der Waals surface area contributed by atoms with Gasteiger partial charge in [-0.15, -0.1) is 0 Å². The SMILES string of the molecule is COc1c(C)cc(N(C)C(CO)C(C)C)c(C)c1C. The molecule has 1 rings (SSSR count). The van der Waals surface area contributed by atoms with Crippen LogP contribution in [0.25, 0.3) is 0 Å². The van der Waals surface area contributed by atoms with Crippen molar-refractivity contribution in [3.8, 4) is 5.75 Å². The van der Waals surface area contributed by atoms with Crippen LogP contribution in [0, 0.1) is 26.7 Å². The highest BCUT2D eigenvalue weighted by atomic mass is 16.5. The molecule has 0 aromatic heterocycles. The van der Waals surface area contributed by atoms with Gasteiger partial charge in [0.05, 0.1) is 19.8 Å². The summed E-state index contributed by atoms with van der Waals surface area (Å²) in [5.41, 5.74) is 4.69. The van der Waals surface area contributed by atoms with Gasteiger partial charge in [0, 0.05) is 12.7 Å². The van der Waals surface area contributed by atoms with Crippen LogP contribution in [0.1, 0.15) is 30.5 Å². The van der Waals surface area contributed by atoms with Crippen molar-refractivity contribution in [2.45, 2.75) is 40.7 Å². The van der Waals surface area contributed by atoms with Gasteiger partial charge in [-0.3, -0.25) is 0 Å². The first kappa shape index (κ1) is 15.8. The standard InChI is InChI=1S/C16H27NO2/c1-10(2)15(9-18)17(6)14-8-11(3)16(19-7)13(5)12(14)4/h8,10,15,18H,9H2,1-7H3. The Morgan fingerprint density at radius 3 is 2.21 bits per heavy atom. The van der Waals surface area contributed by atoms with Crippen LogP contribution in [0.4, 0.5) is 5.69 Å². The minimum atomic E-state index is 0.130. The summed E-state index contributed by atoms with van der Waals surface area (Å²) in [6.45, 7) is 10.7. The maximum Gasteiger partial charge on any atom is 0.125 e. The van der Waals surface area contributed by atoms with Gasteiger partial charge >= 0.3 is 0 Å². The van der Waals surface area contributed by atoms with E-state index in [0.717, 1.165) is 11.3 Å². The van der Waals surface area contributed by atoms with Gasteiger partial charge in [0.15, 0.2) is 0 Å². The zero-order chi connectivity index (χ0) is 14.7. The fourth-order valence-corrected chi connectivity index (χ4v) is 2.68. The third kappa shape index (κ3) is 3.03. The average Bonchev–Trinajstić information content (AvgIpc) is 2.34. The molecule has 0 spiro atoms. The number of aliphatic hydroxyl groups excluding tert-OH is 1. The van der Waals surface area contributed by atoms with Crippen molar-refractivity contribution >= 4 is 5.69 Å². The molecule has 1 atom stereocenters. The number of aryl methyl sites for hydroxylation is 1. The van der Waals surface area contributed by atoms with Crippen LogP contribution in [-0.4, -0.2) is 31.9 Å². The number of hydrogen-bond acceptors (Lipinski definition) is 3. The lowest BCUT2D eigenvalue weighted by molar-refractivity contribution is 0.234. The molecule has 0 amide bonds. The molecular weight excluding hydrogens is 238 g/mol. The van der Waals surface area contributed by atoms with Crippen molar-refractivity contribution in [3.63, 3.8) is 0 Å². The maximum absolute atomic E-state index is 9.59. The largest absolute Gasteiger partial charge is 0.496 e. The zero-order valence-electron chi connectivity index (χ0n) is 13.2. The highest BCUT2D eigenvalue weighted by Gasteiger charge is 2.21. The van der Waals surface area contributed by atoms with Crippen LogP contribution in [0.5, 0.6) is 5.75 Å². The van der Waals surface area contributed by atoms with Gasteiger partial charge in [-0.2, -0.15) is 0 Å². The lowest BCUT2D eigenvalue weighted by Crippen LogP contribution is -2.39. The highest BCUT2D eigenvalue weighted by molar-refractivity contribution is 5.63. The van der Waals surface area contributed by atoms with Crippen molar-refractivity contribution in [1.29, 1.82) is 0 Å². The number of methoxy groups -OCH3 is 1. The molecule has 0 bridgehead atoms. The molecule has 108 valence electrons. The highest BCUT2D eigenvalue weighted by Crippen LogP contribution is 2.34. The molecule has 1 unspecified atom stereocenters. The topological polar surface area (TPSA) is 32.7 Å². The number of hydrogen-bond donors (Lipinski definition) is 1. The second-order valence-corrected chi connectivity index (χ2v) is 5.60. The van der Waals surface area contributed by atoms with E-state index in [0.29, 0.717) is 5.92 Å². The van der Waals surface area contributed by atoms with Gasteiger partial charge in [-0.25, -0.2) is 0 Å². The van der Waals surface area contributed by atoms with Gasteiger partial charge in [0.25, 0.3) is 0 Å². The molecule has 3 nitrogen and oxygen atoms in total. The Labute approximate surface area is 117 Å². The third-order valence-corrected chi connectivity index (χ3v) is 4.04. The van der Waals surface area contributed by atoms with E-state index in [1.807, 2.05) is 0 Å². The predicted molar refractivity (Wildman–Crippen MR) is 81.3 cm³/mol. The van der Waals surface area contributed by atoms with Crippen LogP contribution in [0.2, 0.25) is 0 Å². The summed E-state index contributed by atoms with van der Waals surface area (Å²) in [4.78, 5) is 2.18. The molecule has 0 fully saturated rings. The summed E-state index contributed by atoms with van der Waals surface area (Å²) in [5, 5.41) is 9.59. The molecule has 0 aliphatic heterocycles. The number of ether oxygens (including phenoxy) is 1. The van der Waals surface area contributed by atoms with E-state index >= 15 is 0 Å². The van der Waals surface area contributed by atoms with E-state index in [4.69, 9.17) is 4.74 Å². The molecule has 0 saturated heterocycles. The van der Waals surface area contributed by atoms with E-state index < -0.39 is 0 Å². The van der Waals surface area contributed by atoms with Gasteiger partial charge in [-0.1, -0.05) is 13.8 Å². The lowest BCUT2D eigenvalue weighted by atomic mass is 9.98. The summed E-state index contributed by atoms with van der Waals surface area (Å²) in [7, 11) is 3.76. The molecule has 0 radical (unpaired) electrons. The number of rotatable bonds is 5. The quantitative estimate of drug-likeness (QED) is 0.888. The summed E-state index contributed by atoms with van der Waals surface area (Å²) >= 11 is 0. The van der Waals surface area contributed by atoms with Crippen molar-refractivity contribution in [3.05, 3.63) is 22.8 Å². The van der Waals surface area contributed by atoms with Crippen molar-refractivity contribution < 1.29 is 9.84 Å². The molecule has 0 saturated carbocycles. The van der Waals surface area contributed by atoms with Crippen LogP contribution < -0.4 is 9.64 Å². The minimum absolute atomic E-state index is 0.130. The molecule has 3 heteroatoms. The fraction of sp³-hybridized carbons (Fsp3) is 0.625. The van der Waals surface area contributed by atoms with Crippen molar-refractivity contribution in [1.82, 2.24) is 0 Å². The Kier molecular flexibility index (Phi) is 5.24. The first-order valence-corrected chi connectivity index (χ1v) is 6.83.